The number of imidazole rings is 1. The summed E-state index contributed by atoms with van der Waals surface area (Å²) in [5.74, 6) is 0.983. The fourth-order valence-electron chi connectivity index (χ4n) is 2.04. The van der Waals surface area contributed by atoms with Gasteiger partial charge >= 0.3 is 0 Å². The molecule has 0 spiro atoms. The first-order chi connectivity index (χ1) is 8.69. The Labute approximate surface area is 111 Å². The summed E-state index contributed by atoms with van der Waals surface area (Å²) >= 11 is 1.63. The van der Waals surface area contributed by atoms with Crippen molar-refractivity contribution in [3.63, 3.8) is 0 Å². The summed E-state index contributed by atoms with van der Waals surface area (Å²) in [5.41, 5.74) is 6.94. The molecule has 2 heterocycles. The van der Waals surface area contributed by atoms with Crippen molar-refractivity contribution in [2.24, 2.45) is 5.73 Å². The maximum Gasteiger partial charge on any atom is 0.195 e. The monoisotopic (exact) mass is 268 g/mol. The molecule has 2 aromatic rings. The van der Waals surface area contributed by atoms with Gasteiger partial charge in [0.1, 0.15) is 0 Å². The molecule has 0 bridgehead atoms. The van der Waals surface area contributed by atoms with Crippen molar-refractivity contribution in [2.45, 2.75) is 26.4 Å². The molecular formula is C12H20N4OS. The zero-order chi connectivity index (χ0) is 13.1. The van der Waals surface area contributed by atoms with Crippen molar-refractivity contribution < 1.29 is 4.74 Å². The Morgan fingerprint density at radius 2 is 2.33 bits per heavy atom. The molecule has 2 rings (SSSR count). The molecule has 0 fully saturated rings. The number of ether oxygens (including phenoxy) is 1. The van der Waals surface area contributed by atoms with Gasteiger partial charge in [-0.25, -0.2) is 4.98 Å². The van der Waals surface area contributed by atoms with E-state index in [1.165, 1.54) is 0 Å². The van der Waals surface area contributed by atoms with Gasteiger partial charge in [-0.05, 0) is 13.8 Å². The zero-order valence-corrected chi connectivity index (χ0v) is 11.9. The minimum atomic E-state index is 0.370. The summed E-state index contributed by atoms with van der Waals surface area (Å²) in [6.45, 7) is 6.32. The van der Waals surface area contributed by atoms with E-state index < -0.39 is 0 Å². The molecule has 6 heteroatoms. The Balaban J connectivity index is 2.39. The molecule has 0 saturated heterocycles. The normalized spacial score (nSPS) is 11.6. The van der Waals surface area contributed by atoms with E-state index in [0.29, 0.717) is 19.2 Å². The highest BCUT2D eigenvalue weighted by Gasteiger charge is 2.19. The number of methoxy groups -OCH3 is 1. The van der Waals surface area contributed by atoms with E-state index in [9.17, 15) is 0 Å². The second-order valence-corrected chi connectivity index (χ2v) is 5.29. The van der Waals surface area contributed by atoms with Gasteiger partial charge in [0, 0.05) is 37.8 Å². The Morgan fingerprint density at radius 3 is 2.94 bits per heavy atom. The average molecular weight is 268 g/mol. The SMILES string of the molecule is COCCN(c1nc2sccn2c1CN)C(C)C. The molecule has 0 radical (unpaired) electrons. The first-order valence-corrected chi connectivity index (χ1v) is 6.97. The Hall–Kier alpha value is -1.11. The van der Waals surface area contributed by atoms with Crippen molar-refractivity contribution in [3.05, 3.63) is 17.3 Å². The van der Waals surface area contributed by atoms with Crippen LogP contribution in [0.25, 0.3) is 4.96 Å². The summed E-state index contributed by atoms with van der Waals surface area (Å²) in [4.78, 5) is 7.93. The second-order valence-electron chi connectivity index (χ2n) is 4.42. The highest BCUT2D eigenvalue weighted by Crippen LogP contribution is 2.25. The summed E-state index contributed by atoms with van der Waals surface area (Å²) in [5, 5.41) is 2.03. The molecule has 2 N–H and O–H groups in total. The van der Waals surface area contributed by atoms with Crippen molar-refractivity contribution >= 4 is 22.1 Å². The van der Waals surface area contributed by atoms with Crippen LogP contribution in [0.4, 0.5) is 5.82 Å². The lowest BCUT2D eigenvalue weighted by Crippen LogP contribution is -2.35. The van der Waals surface area contributed by atoms with Crippen molar-refractivity contribution in [1.82, 2.24) is 9.38 Å². The van der Waals surface area contributed by atoms with E-state index in [-0.39, 0.29) is 0 Å². The van der Waals surface area contributed by atoms with Gasteiger partial charge in [0.15, 0.2) is 10.8 Å². The smallest absolute Gasteiger partial charge is 0.195 e. The molecule has 0 aromatic carbocycles. The predicted molar refractivity (Wildman–Crippen MR) is 75.3 cm³/mol. The molecule has 0 aliphatic rings. The molecular weight excluding hydrogens is 248 g/mol. The van der Waals surface area contributed by atoms with Crippen LogP contribution in [0.1, 0.15) is 19.5 Å². The van der Waals surface area contributed by atoms with Crippen LogP contribution in [0.5, 0.6) is 0 Å². The number of thiazole rings is 1. The lowest BCUT2D eigenvalue weighted by Gasteiger charge is -2.27. The number of rotatable bonds is 6. The molecule has 5 nitrogen and oxygen atoms in total. The Bertz CT molecular complexity index is 505. The van der Waals surface area contributed by atoms with Gasteiger partial charge in [0.05, 0.1) is 12.3 Å². The molecule has 0 unspecified atom stereocenters. The third kappa shape index (κ3) is 2.36. The van der Waals surface area contributed by atoms with Crippen LogP contribution < -0.4 is 10.6 Å². The van der Waals surface area contributed by atoms with E-state index >= 15 is 0 Å². The van der Waals surface area contributed by atoms with Gasteiger partial charge in [-0.2, -0.15) is 0 Å². The number of hydrogen-bond acceptors (Lipinski definition) is 5. The molecule has 18 heavy (non-hydrogen) atoms. The number of nitrogens with two attached hydrogens (primary N) is 1. The van der Waals surface area contributed by atoms with Crippen molar-refractivity contribution in [1.29, 1.82) is 0 Å². The van der Waals surface area contributed by atoms with Gasteiger partial charge in [-0.3, -0.25) is 4.40 Å². The van der Waals surface area contributed by atoms with Crippen LogP contribution in [-0.2, 0) is 11.3 Å². The van der Waals surface area contributed by atoms with Crippen LogP contribution >= 0.6 is 11.3 Å². The van der Waals surface area contributed by atoms with Gasteiger partial charge < -0.3 is 15.4 Å². The van der Waals surface area contributed by atoms with Crippen molar-refractivity contribution in [3.8, 4) is 0 Å². The lowest BCUT2D eigenvalue weighted by atomic mass is 10.3. The van der Waals surface area contributed by atoms with E-state index in [1.807, 2.05) is 11.6 Å². The van der Waals surface area contributed by atoms with Gasteiger partial charge in [0.2, 0.25) is 0 Å². The van der Waals surface area contributed by atoms with Gasteiger partial charge in [-0.1, -0.05) is 0 Å². The van der Waals surface area contributed by atoms with Crippen LogP contribution in [0.3, 0.4) is 0 Å². The molecule has 100 valence electrons. The standard InChI is InChI=1S/C12H20N4OS/c1-9(2)15(4-6-17-3)11-10(8-13)16-5-7-18-12(16)14-11/h5,7,9H,4,6,8,13H2,1-3H3. The number of fused-ring (bicyclic) bond motifs is 1. The summed E-state index contributed by atoms with van der Waals surface area (Å²) in [7, 11) is 1.72. The maximum absolute atomic E-state index is 5.87. The number of aromatic nitrogens is 2. The fourth-order valence-corrected chi connectivity index (χ4v) is 2.77. The van der Waals surface area contributed by atoms with Gasteiger partial charge in [-0.15, -0.1) is 11.3 Å². The van der Waals surface area contributed by atoms with E-state index in [0.717, 1.165) is 23.0 Å². The van der Waals surface area contributed by atoms with Crippen LogP contribution in [-0.4, -0.2) is 35.7 Å². The van der Waals surface area contributed by atoms with Crippen LogP contribution in [0.15, 0.2) is 11.6 Å². The molecule has 0 aliphatic carbocycles. The minimum Gasteiger partial charge on any atom is -0.383 e. The highest BCUT2D eigenvalue weighted by molar-refractivity contribution is 7.15. The highest BCUT2D eigenvalue weighted by atomic mass is 32.1. The molecule has 0 aliphatic heterocycles. The van der Waals surface area contributed by atoms with Crippen LogP contribution in [0.2, 0.25) is 0 Å². The first-order valence-electron chi connectivity index (χ1n) is 6.09. The molecule has 2 aromatic heterocycles. The van der Waals surface area contributed by atoms with E-state index in [2.05, 4.69) is 28.1 Å². The number of hydrogen-bond donors (Lipinski definition) is 1. The Kier molecular flexibility index (Phi) is 4.21. The topological polar surface area (TPSA) is 55.8 Å². The molecule has 0 amide bonds. The predicted octanol–water partition coefficient (Wildman–Crippen LogP) is 1.72. The number of anilines is 1. The minimum absolute atomic E-state index is 0.370. The maximum atomic E-state index is 5.87. The molecule has 0 atom stereocenters. The quantitative estimate of drug-likeness (QED) is 0.866. The van der Waals surface area contributed by atoms with Crippen molar-refractivity contribution in [2.75, 3.05) is 25.2 Å². The zero-order valence-electron chi connectivity index (χ0n) is 11.1. The largest absolute Gasteiger partial charge is 0.383 e. The third-order valence-corrected chi connectivity index (χ3v) is 3.72. The summed E-state index contributed by atoms with van der Waals surface area (Å²) in [6.07, 6.45) is 2.02. The Morgan fingerprint density at radius 1 is 1.56 bits per heavy atom. The van der Waals surface area contributed by atoms with E-state index in [1.54, 1.807) is 18.4 Å². The first kappa shape index (κ1) is 13.3. The summed E-state index contributed by atoms with van der Waals surface area (Å²) < 4.78 is 7.24. The lowest BCUT2D eigenvalue weighted by molar-refractivity contribution is 0.203. The average Bonchev–Trinajstić information content (AvgIpc) is 2.89. The summed E-state index contributed by atoms with van der Waals surface area (Å²) in [6, 6.07) is 0.370. The second kappa shape index (κ2) is 5.69. The van der Waals surface area contributed by atoms with E-state index in [4.69, 9.17) is 10.5 Å². The van der Waals surface area contributed by atoms with Crippen LogP contribution in [0, 0.1) is 0 Å². The molecule has 0 saturated carbocycles. The number of nitrogens with zero attached hydrogens (tertiary/aromatic N) is 3. The van der Waals surface area contributed by atoms with Gasteiger partial charge in [0.25, 0.3) is 0 Å². The fraction of sp³-hybridized carbons (Fsp3) is 0.583. The third-order valence-electron chi connectivity index (χ3n) is 2.96.